The smallest absolute Gasteiger partial charge is 0.245 e. The number of anilines is 1. The molecule has 0 bridgehead atoms. The van der Waals surface area contributed by atoms with Crippen molar-refractivity contribution in [2.75, 3.05) is 11.9 Å². The highest BCUT2D eigenvalue weighted by atomic mass is 16.5. The average molecular weight is 307 g/mol. The number of amides is 2. The van der Waals surface area contributed by atoms with Crippen LogP contribution in [0.3, 0.4) is 0 Å². The number of aromatic nitrogens is 1. The minimum atomic E-state index is -0.236. The summed E-state index contributed by atoms with van der Waals surface area (Å²) in [5.74, 6) is 0.977. The van der Waals surface area contributed by atoms with Gasteiger partial charge in [-0.15, -0.1) is 0 Å². The largest absolute Gasteiger partial charge is 0.360 e. The van der Waals surface area contributed by atoms with E-state index in [0.717, 1.165) is 32.1 Å². The van der Waals surface area contributed by atoms with Gasteiger partial charge in [-0.2, -0.15) is 0 Å². The molecule has 0 spiro atoms. The van der Waals surface area contributed by atoms with Crippen LogP contribution in [-0.2, 0) is 9.59 Å². The Morgan fingerprint density at radius 2 is 2.14 bits per heavy atom. The predicted molar refractivity (Wildman–Crippen MR) is 83.3 cm³/mol. The summed E-state index contributed by atoms with van der Waals surface area (Å²) in [6.07, 6.45) is 4.92. The molecule has 6 nitrogen and oxygen atoms in total. The maximum atomic E-state index is 12.6. The van der Waals surface area contributed by atoms with Crippen LogP contribution in [0.15, 0.2) is 10.6 Å². The van der Waals surface area contributed by atoms with Gasteiger partial charge in [-0.05, 0) is 33.1 Å². The molecule has 1 aliphatic carbocycles. The second-order valence-corrected chi connectivity index (χ2v) is 6.08. The molecule has 1 fully saturated rings. The predicted octanol–water partition coefficient (Wildman–Crippen LogP) is 2.74. The summed E-state index contributed by atoms with van der Waals surface area (Å²) in [4.78, 5) is 26.5. The van der Waals surface area contributed by atoms with Crippen LogP contribution in [0.25, 0.3) is 0 Å². The molecule has 1 saturated carbocycles. The molecule has 0 aromatic carbocycles. The van der Waals surface area contributed by atoms with Crippen molar-refractivity contribution in [1.82, 2.24) is 10.1 Å². The van der Waals surface area contributed by atoms with Crippen LogP contribution in [0.2, 0.25) is 0 Å². The third kappa shape index (κ3) is 4.08. The lowest BCUT2D eigenvalue weighted by Gasteiger charge is -2.30. The quantitative estimate of drug-likeness (QED) is 0.877. The monoisotopic (exact) mass is 307 g/mol. The zero-order valence-electron chi connectivity index (χ0n) is 13.6. The number of nitrogens with one attached hydrogen (secondary N) is 1. The van der Waals surface area contributed by atoms with E-state index >= 15 is 0 Å². The van der Waals surface area contributed by atoms with Crippen LogP contribution in [0, 0.1) is 12.8 Å². The van der Waals surface area contributed by atoms with E-state index in [4.69, 9.17) is 4.52 Å². The summed E-state index contributed by atoms with van der Waals surface area (Å²) in [7, 11) is 0. The van der Waals surface area contributed by atoms with Crippen LogP contribution in [0.4, 0.5) is 5.82 Å². The summed E-state index contributed by atoms with van der Waals surface area (Å²) in [5, 5.41) is 6.42. The molecule has 0 aliphatic heterocycles. The van der Waals surface area contributed by atoms with E-state index in [1.54, 1.807) is 17.9 Å². The van der Waals surface area contributed by atoms with Crippen molar-refractivity contribution in [2.24, 2.45) is 5.92 Å². The molecule has 1 aliphatic rings. The molecule has 1 aromatic rings. The van der Waals surface area contributed by atoms with E-state index in [-0.39, 0.29) is 30.3 Å². The number of hydrogen-bond donors (Lipinski definition) is 1. The highest BCUT2D eigenvalue weighted by molar-refractivity contribution is 5.94. The minimum absolute atomic E-state index is 0.0536. The number of hydrogen-bond acceptors (Lipinski definition) is 4. The summed E-state index contributed by atoms with van der Waals surface area (Å²) in [5.41, 5.74) is 0. The van der Waals surface area contributed by atoms with E-state index in [0.29, 0.717) is 11.6 Å². The molecule has 0 saturated heterocycles. The van der Waals surface area contributed by atoms with Crippen molar-refractivity contribution in [3.8, 4) is 0 Å². The van der Waals surface area contributed by atoms with Gasteiger partial charge in [-0.1, -0.05) is 24.9 Å². The SMILES string of the molecule is CCC(C)N(CC(=O)Nc1cc(C)on1)C(=O)C1CCCC1. The Balaban J connectivity index is 1.99. The van der Waals surface area contributed by atoms with Gasteiger partial charge in [0.25, 0.3) is 0 Å². The molecule has 2 amide bonds. The van der Waals surface area contributed by atoms with Crippen LogP contribution >= 0.6 is 0 Å². The maximum absolute atomic E-state index is 12.6. The first kappa shape index (κ1) is 16.5. The maximum Gasteiger partial charge on any atom is 0.245 e. The fourth-order valence-corrected chi connectivity index (χ4v) is 2.84. The van der Waals surface area contributed by atoms with Gasteiger partial charge in [0.15, 0.2) is 5.82 Å². The van der Waals surface area contributed by atoms with Gasteiger partial charge in [-0.3, -0.25) is 9.59 Å². The number of aryl methyl sites for hydroxylation is 1. The Hall–Kier alpha value is -1.85. The molecule has 2 rings (SSSR count). The van der Waals surface area contributed by atoms with Crippen LogP contribution < -0.4 is 5.32 Å². The second kappa shape index (κ2) is 7.42. The van der Waals surface area contributed by atoms with E-state index in [1.165, 1.54) is 0 Å². The molecule has 1 unspecified atom stereocenters. The van der Waals surface area contributed by atoms with Crippen molar-refractivity contribution in [2.45, 2.75) is 58.9 Å². The van der Waals surface area contributed by atoms with Crippen LogP contribution in [0.1, 0.15) is 51.7 Å². The summed E-state index contributed by atoms with van der Waals surface area (Å²) >= 11 is 0. The molecule has 1 aromatic heterocycles. The first-order valence-electron chi connectivity index (χ1n) is 8.05. The van der Waals surface area contributed by atoms with Crippen LogP contribution in [-0.4, -0.2) is 34.5 Å². The van der Waals surface area contributed by atoms with Crippen molar-refractivity contribution < 1.29 is 14.1 Å². The molecular formula is C16H25N3O3. The minimum Gasteiger partial charge on any atom is -0.360 e. The van der Waals surface area contributed by atoms with Gasteiger partial charge in [0.05, 0.1) is 0 Å². The molecule has 6 heteroatoms. The Kier molecular flexibility index (Phi) is 5.57. The van der Waals surface area contributed by atoms with E-state index in [2.05, 4.69) is 10.5 Å². The Morgan fingerprint density at radius 1 is 1.45 bits per heavy atom. The third-order valence-corrected chi connectivity index (χ3v) is 4.32. The molecule has 122 valence electrons. The first-order chi connectivity index (χ1) is 10.5. The Bertz CT molecular complexity index is 520. The number of rotatable bonds is 6. The van der Waals surface area contributed by atoms with Crippen molar-refractivity contribution >= 4 is 17.6 Å². The van der Waals surface area contributed by atoms with E-state index in [1.807, 2.05) is 13.8 Å². The molecule has 1 N–H and O–H groups in total. The summed E-state index contributed by atoms with van der Waals surface area (Å²) in [6, 6.07) is 1.71. The highest BCUT2D eigenvalue weighted by Crippen LogP contribution is 2.27. The van der Waals surface area contributed by atoms with Crippen LogP contribution in [0.5, 0.6) is 0 Å². The lowest BCUT2D eigenvalue weighted by molar-refractivity contribution is -0.140. The third-order valence-electron chi connectivity index (χ3n) is 4.32. The van der Waals surface area contributed by atoms with Gasteiger partial charge in [0, 0.05) is 18.0 Å². The van der Waals surface area contributed by atoms with Gasteiger partial charge in [-0.25, -0.2) is 0 Å². The summed E-state index contributed by atoms with van der Waals surface area (Å²) < 4.78 is 4.92. The molecule has 1 atom stereocenters. The average Bonchev–Trinajstić information content (AvgIpc) is 3.15. The number of carbonyl (C=O) groups is 2. The topological polar surface area (TPSA) is 75.4 Å². The lowest BCUT2D eigenvalue weighted by Crippen LogP contribution is -2.45. The molecular weight excluding hydrogens is 282 g/mol. The molecule has 22 heavy (non-hydrogen) atoms. The Labute approximate surface area is 131 Å². The zero-order valence-corrected chi connectivity index (χ0v) is 13.6. The molecule has 1 heterocycles. The van der Waals surface area contributed by atoms with Crippen molar-refractivity contribution in [3.05, 3.63) is 11.8 Å². The standard InChI is InChI=1S/C16H25N3O3/c1-4-11(2)19(16(21)13-7-5-6-8-13)10-15(20)17-14-9-12(3)22-18-14/h9,11,13H,4-8,10H2,1-3H3,(H,17,18,20). The van der Waals surface area contributed by atoms with Crippen molar-refractivity contribution in [3.63, 3.8) is 0 Å². The fourth-order valence-electron chi connectivity index (χ4n) is 2.84. The van der Waals surface area contributed by atoms with Gasteiger partial charge in [0.1, 0.15) is 12.3 Å². The number of nitrogens with zero attached hydrogens (tertiary/aromatic N) is 2. The van der Waals surface area contributed by atoms with Gasteiger partial charge < -0.3 is 14.7 Å². The Morgan fingerprint density at radius 3 is 2.68 bits per heavy atom. The highest BCUT2D eigenvalue weighted by Gasteiger charge is 2.30. The summed E-state index contributed by atoms with van der Waals surface area (Å²) in [6.45, 7) is 5.84. The van der Waals surface area contributed by atoms with Gasteiger partial charge >= 0.3 is 0 Å². The fraction of sp³-hybridized carbons (Fsp3) is 0.688. The van der Waals surface area contributed by atoms with Crippen molar-refractivity contribution in [1.29, 1.82) is 0 Å². The zero-order chi connectivity index (χ0) is 16.1. The number of carbonyl (C=O) groups excluding carboxylic acids is 2. The van der Waals surface area contributed by atoms with E-state index < -0.39 is 0 Å². The van der Waals surface area contributed by atoms with Gasteiger partial charge in [0.2, 0.25) is 11.8 Å². The lowest BCUT2D eigenvalue weighted by atomic mass is 10.0. The molecule has 0 radical (unpaired) electrons. The van der Waals surface area contributed by atoms with E-state index in [9.17, 15) is 9.59 Å². The normalized spacial score (nSPS) is 16.5. The first-order valence-corrected chi connectivity index (χ1v) is 8.05. The second-order valence-electron chi connectivity index (χ2n) is 6.08.